The molecule has 0 aliphatic carbocycles. The number of nitrogens with zero attached hydrogens (tertiary/aromatic N) is 2. The molecule has 0 unspecified atom stereocenters. The Labute approximate surface area is 148 Å². The molecule has 12 heteroatoms. The van der Waals surface area contributed by atoms with Crippen molar-refractivity contribution in [3.05, 3.63) is 33.9 Å². The molecule has 1 aromatic rings. The maximum Gasteiger partial charge on any atom is 0.416 e. The van der Waals surface area contributed by atoms with E-state index in [4.69, 9.17) is 0 Å². The van der Waals surface area contributed by atoms with E-state index in [2.05, 4.69) is 0 Å². The summed E-state index contributed by atoms with van der Waals surface area (Å²) in [6.45, 7) is -0.0478. The van der Waals surface area contributed by atoms with E-state index in [-0.39, 0.29) is 17.9 Å². The van der Waals surface area contributed by atoms with Gasteiger partial charge in [-0.3, -0.25) is 14.9 Å². The van der Waals surface area contributed by atoms with Gasteiger partial charge in [0.1, 0.15) is 6.54 Å². The van der Waals surface area contributed by atoms with Gasteiger partial charge in [-0.2, -0.15) is 26.3 Å². The normalized spacial score (nSPS) is 12.1. The first-order valence-electron chi connectivity index (χ1n) is 7.18. The van der Waals surface area contributed by atoms with E-state index in [1.807, 2.05) is 0 Å². The topological polar surface area (TPSA) is 63.5 Å². The first-order valence-corrected chi connectivity index (χ1v) is 8.16. The zero-order chi connectivity index (χ0) is 20.1. The number of thioether (sulfide) groups is 1. The molecule has 26 heavy (non-hydrogen) atoms. The molecule has 0 saturated heterocycles. The molecule has 1 rings (SSSR count). The second-order valence-electron chi connectivity index (χ2n) is 5.16. The number of hydrogen-bond donors (Lipinski definition) is 0. The number of alkyl halides is 6. The van der Waals surface area contributed by atoms with E-state index in [0.29, 0.717) is 28.8 Å². The largest absolute Gasteiger partial charge is 0.416 e. The fraction of sp³-hybridized carbons (Fsp3) is 0.500. The molecular formula is C14H14F6N2O3S. The highest BCUT2D eigenvalue weighted by Gasteiger charge is 2.34. The summed E-state index contributed by atoms with van der Waals surface area (Å²) in [6.07, 6.45) is -9.11. The predicted octanol–water partition coefficient (Wildman–Crippen LogP) is 4.51. The zero-order valence-corrected chi connectivity index (χ0v) is 14.2. The van der Waals surface area contributed by atoms with Gasteiger partial charge in [0, 0.05) is 12.6 Å². The number of amides is 1. The molecule has 0 spiro atoms. The van der Waals surface area contributed by atoms with Crippen LogP contribution in [0.25, 0.3) is 0 Å². The minimum atomic E-state index is -4.78. The molecule has 146 valence electrons. The molecule has 1 amide bonds. The van der Waals surface area contributed by atoms with Crippen molar-refractivity contribution in [1.29, 1.82) is 0 Å². The number of nitro benzene ring substituents is 1. The van der Waals surface area contributed by atoms with Gasteiger partial charge in [0.2, 0.25) is 5.91 Å². The molecule has 0 N–H and O–H groups in total. The Balaban J connectivity index is 2.94. The molecule has 0 saturated carbocycles. The Morgan fingerprint density at radius 1 is 1.23 bits per heavy atom. The van der Waals surface area contributed by atoms with Crippen LogP contribution in [0.5, 0.6) is 0 Å². The average Bonchev–Trinajstić information content (AvgIpc) is 2.49. The van der Waals surface area contributed by atoms with Gasteiger partial charge in [-0.25, -0.2) is 0 Å². The standard InChI is InChI=1S/C14H14F6N2O3S/c1-2-5-21(8-13(15,16)17)12(23)7-26-11-4-3-9(14(18,19)20)6-10(11)22(24)25/h3-4,6H,2,5,7-8H2,1H3. The Hall–Kier alpha value is -1.98. The molecule has 0 aliphatic rings. The molecule has 0 aliphatic heterocycles. The van der Waals surface area contributed by atoms with Crippen LogP contribution in [0.15, 0.2) is 23.1 Å². The highest BCUT2D eigenvalue weighted by atomic mass is 32.2. The molecule has 0 atom stereocenters. The number of rotatable bonds is 7. The first-order chi connectivity index (χ1) is 11.8. The van der Waals surface area contributed by atoms with Crippen molar-refractivity contribution in [3.8, 4) is 0 Å². The van der Waals surface area contributed by atoms with Crippen molar-refractivity contribution < 1.29 is 36.1 Å². The monoisotopic (exact) mass is 404 g/mol. The SMILES string of the molecule is CCCN(CC(F)(F)F)C(=O)CSc1ccc(C(F)(F)F)cc1[N+](=O)[O-]. The van der Waals surface area contributed by atoms with Crippen LogP contribution in [0.3, 0.4) is 0 Å². The number of carbonyl (C=O) groups excluding carboxylic acids is 1. The summed E-state index contributed by atoms with van der Waals surface area (Å²) >= 11 is 0.515. The third-order valence-electron chi connectivity index (χ3n) is 3.05. The Bertz CT molecular complexity index is 663. The highest BCUT2D eigenvalue weighted by molar-refractivity contribution is 8.00. The van der Waals surface area contributed by atoms with Gasteiger partial charge in [-0.1, -0.05) is 6.92 Å². The third kappa shape index (κ3) is 6.73. The minimum Gasteiger partial charge on any atom is -0.333 e. The summed E-state index contributed by atoms with van der Waals surface area (Å²) in [5.74, 6) is -1.48. The fourth-order valence-electron chi connectivity index (χ4n) is 1.97. The second kappa shape index (κ2) is 8.60. The van der Waals surface area contributed by atoms with E-state index >= 15 is 0 Å². The van der Waals surface area contributed by atoms with Crippen LogP contribution in [0.4, 0.5) is 32.0 Å². The summed E-state index contributed by atoms with van der Waals surface area (Å²) in [4.78, 5) is 22.2. The molecule has 0 radical (unpaired) electrons. The molecule has 0 fully saturated rings. The zero-order valence-electron chi connectivity index (χ0n) is 13.4. The van der Waals surface area contributed by atoms with Crippen LogP contribution in [-0.4, -0.2) is 40.7 Å². The summed E-state index contributed by atoms with van der Waals surface area (Å²) in [7, 11) is 0. The summed E-state index contributed by atoms with van der Waals surface area (Å²) in [6, 6.07) is 1.76. The smallest absolute Gasteiger partial charge is 0.333 e. The van der Waals surface area contributed by atoms with E-state index in [0.717, 1.165) is 6.07 Å². The van der Waals surface area contributed by atoms with Gasteiger partial charge in [-0.05, 0) is 18.6 Å². The lowest BCUT2D eigenvalue weighted by Crippen LogP contribution is -2.40. The maximum atomic E-state index is 12.6. The van der Waals surface area contributed by atoms with Crippen LogP contribution in [-0.2, 0) is 11.0 Å². The quantitative estimate of drug-likeness (QED) is 0.290. The van der Waals surface area contributed by atoms with Crippen molar-refractivity contribution in [2.45, 2.75) is 30.6 Å². The highest BCUT2D eigenvalue weighted by Crippen LogP contribution is 2.36. The third-order valence-corrected chi connectivity index (χ3v) is 4.10. The number of benzene rings is 1. The van der Waals surface area contributed by atoms with Crippen LogP contribution in [0, 0.1) is 10.1 Å². The van der Waals surface area contributed by atoms with Gasteiger partial charge >= 0.3 is 12.4 Å². The van der Waals surface area contributed by atoms with Crippen molar-refractivity contribution in [2.75, 3.05) is 18.8 Å². The lowest BCUT2D eigenvalue weighted by Gasteiger charge is -2.23. The van der Waals surface area contributed by atoms with Gasteiger partial charge in [0.15, 0.2) is 0 Å². The van der Waals surface area contributed by atoms with Gasteiger partial charge in [0.25, 0.3) is 5.69 Å². The Morgan fingerprint density at radius 3 is 2.31 bits per heavy atom. The molecule has 1 aromatic carbocycles. The number of hydrogen-bond acceptors (Lipinski definition) is 4. The van der Waals surface area contributed by atoms with E-state index in [1.54, 1.807) is 6.92 Å². The lowest BCUT2D eigenvalue weighted by atomic mass is 10.2. The van der Waals surface area contributed by atoms with Crippen LogP contribution < -0.4 is 0 Å². The summed E-state index contributed by atoms with van der Waals surface area (Å²) < 4.78 is 75.3. The summed E-state index contributed by atoms with van der Waals surface area (Å²) in [5, 5.41) is 11.0. The second-order valence-corrected chi connectivity index (χ2v) is 6.17. The van der Waals surface area contributed by atoms with Gasteiger partial charge < -0.3 is 4.90 Å². The van der Waals surface area contributed by atoms with Crippen LogP contribution in [0.2, 0.25) is 0 Å². The Morgan fingerprint density at radius 2 is 1.85 bits per heavy atom. The Kier molecular flexibility index (Phi) is 7.30. The van der Waals surface area contributed by atoms with Gasteiger partial charge in [0.05, 0.1) is 21.1 Å². The van der Waals surface area contributed by atoms with Crippen LogP contribution in [0.1, 0.15) is 18.9 Å². The molecule has 0 bridgehead atoms. The predicted molar refractivity (Wildman–Crippen MR) is 81.7 cm³/mol. The number of nitro groups is 1. The average molecular weight is 404 g/mol. The lowest BCUT2D eigenvalue weighted by molar-refractivity contribution is -0.388. The number of carbonyl (C=O) groups is 1. The minimum absolute atomic E-state index is 0.159. The van der Waals surface area contributed by atoms with Crippen LogP contribution >= 0.6 is 11.8 Å². The van der Waals surface area contributed by atoms with E-state index < -0.39 is 46.7 Å². The first kappa shape index (κ1) is 22.1. The molecular weight excluding hydrogens is 390 g/mol. The fourth-order valence-corrected chi connectivity index (χ4v) is 2.87. The van der Waals surface area contributed by atoms with E-state index in [9.17, 15) is 41.3 Å². The molecule has 0 heterocycles. The van der Waals surface area contributed by atoms with E-state index in [1.165, 1.54) is 0 Å². The van der Waals surface area contributed by atoms with Crippen molar-refractivity contribution in [3.63, 3.8) is 0 Å². The van der Waals surface area contributed by atoms with Crippen molar-refractivity contribution >= 4 is 23.4 Å². The summed E-state index contributed by atoms with van der Waals surface area (Å²) in [5.41, 5.74) is -2.10. The van der Waals surface area contributed by atoms with Crippen molar-refractivity contribution in [1.82, 2.24) is 4.90 Å². The molecule has 0 aromatic heterocycles. The maximum absolute atomic E-state index is 12.6. The number of halogens is 6. The molecule has 5 nitrogen and oxygen atoms in total. The van der Waals surface area contributed by atoms with Gasteiger partial charge in [-0.15, -0.1) is 11.8 Å². The van der Waals surface area contributed by atoms with Crippen molar-refractivity contribution in [2.24, 2.45) is 0 Å².